The van der Waals surface area contributed by atoms with Gasteiger partial charge in [-0.3, -0.25) is 0 Å². The number of fused-ring (bicyclic) bond motifs is 9. The first-order chi connectivity index (χ1) is 24.8. The van der Waals surface area contributed by atoms with Gasteiger partial charge >= 0.3 is 0 Å². The van der Waals surface area contributed by atoms with Gasteiger partial charge in [0.1, 0.15) is 0 Å². The van der Waals surface area contributed by atoms with Crippen LogP contribution in [0.2, 0.25) is 0 Å². The quantitative estimate of drug-likeness (QED) is 0.161. The van der Waals surface area contributed by atoms with Crippen molar-refractivity contribution in [2.24, 2.45) is 0 Å². The first-order valence-electron chi connectivity index (χ1n) is 17.1. The molecule has 0 bridgehead atoms. The summed E-state index contributed by atoms with van der Waals surface area (Å²) < 4.78 is 3.60. The molecular weight excluding hydrogens is 670 g/mol. The van der Waals surface area contributed by atoms with E-state index in [9.17, 15) is 0 Å². The van der Waals surface area contributed by atoms with Crippen molar-refractivity contribution in [2.75, 3.05) is 0 Å². The average Bonchev–Trinajstić information content (AvgIpc) is 3.52. The van der Waals surface area contributed by atoms with Gasteiger partial charge in [0.05, 0.1) is 16.7 Å². The Morgan fingerprint density at radius 2 is 0.680 bits per heavy atom. The molecular formula is C48H30BrN. The molecule has 1 nitrogen and oxygen atoms in total. The molecule has 0 aliphatic carbocycles. The minimum Gasteiger partial charge on any atom is -0.308 e. The normalized spacial score (nSPS) is 11.7. The molecule has 10 rings (SSSR count). The Morgan fingerprint density at radius 3 is 1.20 bits per heavy atom. The highest BCUT2D eigenvalue weighted by Gasteiger charge is 2.28. The lowest BCUT2D eigenvalue weighted by Crippen LogP contribution is -2.05. The van der Waals surface area contributed by atoms with E-state index in [0.717, 1.165) is 4.47 Å². The first kappa shape index (κ1) is 29.0. The SMILES string of the molecule is Brc1ccc(-c2c(-n3c4ccccc4c4ccccc43)c(-c3ccccc3)c3c4ccccc4c4ccccc4c3c2-c2ccccc2)cc1. The van der Waals surface area contributed by atoms with Crippen LogP contribution in [0.25, 0.3) is 93.2 Å². The molecule has 0 N–H and O–H groups in total. The summed E-state index contributed by atoms with van der Waals surface area (Å²) in [6.45, 7) is 0. The zero-order valence-corrected chi connectivity index (χ0v) is 28.7. The summed E-state index contributed by atoms with van der Waals surface area (Å²) in [5.74, 6) is 0. The smallest absolute Gasteiger partial charge is 0.0631 e. The molecule has 0 spiro atoms. The highest BCUT2D eigenvalue weighted by molar-refractivity contribution is 9.10. The van der Waals surface area contributed by atoms with E-state index in [1.165, 1.54) is 93.2 Å². The maximum atomic E-state index is 3.75. The molecule has 1 heterocycles. The Kier molecular flexibility index (Phi) is 6.72. The topological polar surface area (TPSA) is 4.93 Å². The van der Waals surface area contributed by atoms with Crippen LogP contribution in [0.1, 0.15) is 0 Å². The second kappa shape index (κ2) is 11.6. The minimum atomic E-state index is 1.06. The number of halogens is 1. The summed E-state index contributed by atoms with van der Waals surface area (Å²) in [5, 5.41) is 10.1. The lowest BCUT2D eigenvalue weighted by molar-refractivity contribution is 1.19. The fourth-order valence-electron chi connectivity index (χ4n) is 8.21. The van der Waals surface area contributed by atoms with Crippen LogP contribution in [0.15, 0.2) is 186 Å². The van der Waals surface area contributed by atoms with E-state index in [4.69, 9.17) is 0 Å². The second-order valence-electron chi connectivity index (χ2n) is 12.9. The highest BCUT2D eigenvalue weighted by atomic mass is 79.9. The number of hydrogen-bond acceptors (Lipinski definition) is 0. The van der Waals surface area contributed by atoms with E-state index >= 15 is 0 Å². The standard InChI is InChI=1S/C48H30BrN/c49-34-29-27-33(28-30-34)44-43(31-15-3-1-4-16-31)46-39-23-9-7-19-35(39)36-20-8-10-24-40(36)47(46)45(32-17-5-2-6-18-32)48(44)50-41-25-13-11-21-37(41)38-22-12-14-26-42(38)50/h1-30H. The Morgan fingerprint density at radius 1 is 0.300 bits per heavy atom. The predicted octanol–water partition coefficient (Wildman–Crippen LogP) is 14.0. The summed E-state index contributed by atoms with van der Waals surface area (Å²) >= 11 is 3.75. The molecule has 2 heteroatoms. The van der Waals surface area contributed by atoms with Gasteiger partial charge < -0.3 is 4.57 Å². The van der Waals surface area contributed by atoms with Crippen molar-refractivity contribution in [2.45, 2.75) is 0 Å². The van der Waals surface area contributed by atoms with Gasteiger partial charge in [0.25, 0.3) is 0 Å². The van der Waals surface area contributed by atoms with Crippen LogP contribution < -0.4 is 0 Å². The van der Waals surface area contributed by atoms with E-state index in [-0.39, 0.29) is 0 Å². The molecule has 0 saturated heterocycles. The predicted molar refractivity (Wildman–Crippen MR) is 217 cm³/mol. The summed E-state index contributed by atoms with van der Waals surface area (Å²) in [6.07, 6.45) is 0. The van der Waals surface area contributed by atoms with Gasteiger partial charge in [-0.2, -0.15) is 0 Å². The molecule has 0 saturated carbocycles. The summed E-state index contributed by atoms with van der Waals surface area (Å²) in [4.78, 5) is 0. The Hall–Kier alpha value is -5.96. The summed E-state index contributed by atoms with van der Waals surface area (Å²) in [5.41, 5.74) is 10.8. The van der Waals surface area contributed by atoms with Crippen molar-refractivity contribution >= 4 is 70.1 Å². The highest BCUT2D eigenvalue weighted by Crippen LogP contribution is 2.54. The van der Waals surface area contributed by atoms with Crippen LogP contribution in [0, 0.1) is 0 Å². The molecule has 0 unspecified atom stereocenters. The van der Waals surface area contributed by atoms with Gasteiger partial charge in [0.2, 0.25) is 0 Å². The van der Waals surface area contributed by atoms with Crippen molar-refractivity contribution in [3.05, 3.63) is 186 Å². The van der Waals surface area contributed by atoms with Crippen LogP contribution in [0.5, 0.6) is 0 Å². The van der Waals surface area contributed by atoms with Gasteiger partial charge in [-0.05, 0) is 67.9 Å². The van der Waals surface area contributed by atoms with Crippen molar-refractivity contribution in [3.8, 4) is 39.1 Å². The van der Waals surface area contributed by atoms with Crippen LogP contribution >= 0.6 is 15.9 Å². The van der Waals surface area contributed by atoms with Crippen molar-refractivity contribution in [1.82, 2.24) is 4.57 Å². The van der Waals surface area contributed by atoms with Crippen LogP contribution in [-0.2, 0) is 0 Å². The third-order valence-corrected chi connectivity index (χ3v) is 10.7. The molecule has 0 amide bonds. The van der Waals surface area contributed by atoms with Crippen LogP contribution in [0.4, 0.5) is 0 Å². The number of benzene rings is 9. The van der Waals surface area contributed by atoms with E-state index in [1.807, 2.05) is 0 Å². The van der Waals surface area contributed by atoms with Gasteiger partial charge in [0.15, 0.2) is 0 Å². The molecule has 0 fully saturated rings. The third-order valence-electron chi connectivity index (χ3n) is 10.2. The lowest BCUT2D eigenvalue weighted by Gasteiger charge is -2.27. The van der Waals surface area contributed by atoms with Gasteiger partial charge in [-0.1, -0.05) is 174 Å². The second-order valence-corrected chi connectivity index (χ2v) is 13.8. The Bertz CT molecular complexity index is 2850. The minimum absolute atomic E-state index is 1.06. The Balaban J connectivity index is 1.61. The van der Waals surface area contributed by atoms with Gasteiger partial charge in [-0.25, -0.2) is 0 Å². The van der Waals surface area contributed by atoms with Crippen LogP contribution in [0.3, 0.4) is 0 Å². The van der Waals surface area contributed by atoms with Crippen LogP contribution in [-0.4, -0.2) is 4.57 Å². The van der Waals surface area contributed by atoms with E-state index in [1.54, 1.807) is 0 Å². The Labute approximate surface area is 298 Å². The molecule has 0 aliphatic heterocycles. The number of hydrogen-bond donors (Lipinski definition) is 0. The fraction of sp³-hybridized carbons (Fsp3) is 0. The molecule has 234 valence electrons. The maximum Gasteiger partial charge on any atom is 0.0631 e. The van der Waals surface area contributed by atoms with E-state index in [0.29, 0.717) is 0 Å². The maximum absolute atomic E-state index is 3.75. The lowest BCUT2D eigenvalue weighted by atomic mass is 9.80. The van der Waals surface area contributed by atoms with Crippen molar-refractivity contribution in [1.29, 1.82) is 0 Å². The molecule has 0 atom stereocenters. The number of aromatic nitrogens is 1. The molecule has 0 radical (unpaired) electrons. The molecule has 50 heavy (non-hydrogen) atoms. The number of nitrogens with zero attached hydrogens (tertiary/aromatic N) is 1. The zero-order chi connectivity index (χ0) is 33.2. The van der Waals surface area contributed by atoms with Gasteiger partial charge in [0, 0.05) is 37.3 Å². The molecule has 1 aromatic heterocycles. The fourth-order valence-corrected chi connectivity index (χ4v) is 8.48. The third kappa shape index (κ3) is 4.32. The zero-order valence-electron chi connectivity index (χ0n) is 27.1. The monoisotopic (exact) mass is 699 g/mol. The molecule has 9 aromatic carbocycles. The van der Waals surface area contributed by atoms with Crippen molar-refractivity contribution < 1.29 is 0 Å². The largest absolute Gasteiger partial charge is 0.308 e. The summed E-state index contributed by atoms with van der Waals surface area (Å²) in [6, 6.07) is 66.6. The number of para-hydroxylation sites is 2. The number of rotatable bonds is 4. The van der Waals surface area contributed by atoms with E-state index < -0.39 is 0 Å². The molecule has 10 aromatic rings. The van der Waals surface area contributed by atoms with Crippen molar-refractivity contribution in [3.63, 3.8) is 0 Å². The molecule has 0 aliphatic rings. The summed E-state index contributed by atoms with van der Waals surface area (Å²) in [7, 11) is 0. The first-order valence-corrected chi connectivity index (χ1v) is 17.9. The average molecular weight is 701 g/mol. The van der Waals surface area contributed by atoms with Gasteiger partial charge in [-0.15, -0.1) is 0 Å². The van der Waals surface area contributed by atoms with E-state index in [2.05, 4.69) is 202 Å².